The van der Waals surface area contributed by atoms with Crippen LogP contribution in [-0.2, 0) is 6.42 Å². The van der Waals surface area contributed by atoms with E-state index in [1.165, 1.54) is 25.0 Å². The summed E-state index contributed by atoms with van der Waals surface area (Å²) in [5, 5.41) is 3.44. The number of hydrogen-bond donors (Lipinski definition) is 1. The molecule has 1 saturated heterocycles. The molecule has 2 atom stereocenters. The highest BCUT2D eigenvalue weighted by Crippen LogP contribution is 2.20. The second-order valence-corrected chi connectivity index (χ2v) is 4.63. The van der Waals surface area contributed by atoms with Crippen molar-refractivity contribution in [2.24, 2.45) is 5.92 Å². The summed E-state index contributed by atoms with van der Waals surface area (Å²) in [7, 11) is 0. The third-order valence-electron chi connectivity index (χ3n) is 3.37. The van der Waals surface area contributed by atoms with Gasteiger partial charge in [0.05, 0.1) is 0 Å². The van der Waals surface area contributed by atoms with E-state index in [2.05, 4.69) is 12.2 Å². The molecular weight excluding hydrogens is 208 g/mol. The zero-order valence-electron chi connectivity index (χ0n) is 9.47. The number of rotatable bonds is 2. The maximum absolute atomic E-state index is 13.0. The van der Waals surface area contributed by atoms with Crippen LogP contribution < -0.4 is 5.32 Å². The quantitative estimate of drug-likeness (QED) is 0.816. The fourth-order valence-electron chi connectivity index (χ4n) is 2.31. The maximum Gasteiger partial charge on any atom is 0.159 e. The average Bonchev–Trinajstić information content (AvgIpc) is 2.27. The molecule has 0 spiro atoms. The predicted octanol–water partition coefficient (Wildman–Crippen LogP) is 2.90. The normalized spacial score (nSPS) is 25.7. The molecule has 1 aliphatic heterocycles. The van der Waals surface area contributed by atoms with Crippen LogP contribution in [0.15, 0.2) is 18.2 Å². The molecule has 16 heavy (non-hydrogen) atoms. The van der Waals surface area contributed by atoms with Crippen molar-refractivity contribution < 1.29 is 8.78 Å². The lowest BCUT2D eigenvalue weighted by molar-refractivity contribution is 0.298. The summed E-state index contributed by atoms with van der Waals surface area (Å²) in [4.78, 5) is 0. The lowest BCUT2D eigenvalue weighted by Crippen LogP contribution is -2.41. The van der Waals surface area contributed by atoms with E-state index in [0.717, 1.165) is 18.5 Å². The summed E-state index contributed by atoms with van der Waals surface area (Å²) < 4.78 is 25.8. The van der Waals surface area contributed by atoms with Crippen LogP contribution in [0.1, 0.15) is 25.3 Å². The van der Waals surface area contributed by atoms with E-state index in [1.807, 2.05) is 0 Å². The van der Waals surface area contributed by atoms with Crippen LogP contribution in [0.5, 0.6) is 0 Å². The molecule has 3 heteroatoms. The molecule has 0 bridgehead atoms. The fraction of sp³-hybridized carbons (Fsp3) is 0.538. The Balaban J connectivity index is 2.05. The molecular formula is C13H17F2N. The minimum Gasteiger partial charge on any atom is -0.313 e. The van der Waals surface area contributed by atoms with Crippen LogP contribution in [0, 0.1) is 17.6 Å². The zero-order valence-corrected chi connectivity index (χ0v) is 9.47. The Bertz CT molecular complexity index is 365. The van der Waals surface area contributed by atoms with E-state index >= 15 is 0 Å². The molecule has 1 aromatic carbocycles. The first-order valence-corrected chi connectivity index (χ1v) is 5.84. The molecule has 1 aromatic rings. The second kappa shape index (κ2) is 4.91. The number of halogens is 2. The van der Waals surface area contributed by atoms with Crippen LogP contribution >= 0.6 is 0 Å². The van der Waals surface area contributed by atoms with Crippen LogP contribution in [0.2, 0.25) is 0 Å². The van der Waals surface area contributed by atoms with Gasteiger partial charge in [0.1, 0.15) is 0 Å². The van der Waals surface area contributed by atoms with E-state index in [-0.39, 0.29) is 0 Å². The van der Waals surface area contributed by atoms with Crippen LogP contribution in [0.3, 0.4) is 0 Å². The average molecular weight is 225 g/mol. The van der Waals surface area contributed by atoms with Gasteiger partial charge in [0.25, 0.3) is 0 Å². The van der Waals surface area contributed by atoms with E-state index in [4.69, 9.17) is 0 Å². The van der Waals surface area contributed by atoms with Crippen molar-refractivity contribution in [1.29, 1.82) is 0 Å². The topological polar surface area (TPSA) is 12.0 Å². The van der Waals surface area contributed by atoms with Crippen molar-refractivity contribution >= 4 is 0 Å². The highest BCUT2D eigenvalue weighted by atomic mass is 19.2. The minimum absolute atomic E-state index is 0.388. The van der Waals surface area contributed by atoms with Crippen molar-refractivity contribution in [1.82, 2.24) is 5.32 Å². The lowest BCUT2D eigenvalue weighted by atomic mass is 9.88. The monoisotopic (exact) mass is 225 g/mol. The van der Waals surface area contributed by atoms with E-state index in [0.29, 0.717) is 12.0 Å². The highest BCUT2D eigenvalue weighted by Gasteiger charge is 2.21. The Kier molecular flexibility index (Phi) is 3.54. The van der Waals surface area contributed by atoms with Crippen LogP contribution in [-0.4, -0.2) is 12.6 Å². The lowest BCUT2D eigenvalue weighted by Gasteiger charge is -2.30. The molecule has 0 aliphatic carbocycles. The predicted molar refractivity (Wildman–Crippen MR) is 60.3 cm³/mol. The van der Waals surface area contributed by atoms with Gasteiger partial charge in [-0.2, -0.15) is 0 Å². The Hall–Kier alpha value is -0.960. The molecule has 2 unspecified atom stereocenters. The number of piperidine rings is 1. The molecule has 0 saturated carbocycles. The molecule has 1 N–H and O–H groups in total. The summed E-state index contributed by atoms with van der Waals surface area (Å²) in [6.07, 6.45) is 3.19. The molecule has 1 nitrogen and oxygen atoms in total. The third kappa shape index (κ3) is 2.59. The Labute approximate surface area is 94.9 Å². The Morgan fingerprint density at radius 3 is 2.81 bits per heavy atom. The fourth-order valence-corrected chi connectivity index (χ4v) is 2.31. The first-order chi connectivity index (χ1) is 7.66. The van der Waals surface area contributed by atoms with Gasteiger partial charge >= 0.3 is 0 Å². The molecule has 1 fully saturated rings. The molecule has 0 amide bonds. The molecule has 1 aliphatic rings. The number of hydrogen-bond acceptors (Lipinski definition) is 1. The first-order valence-electron chi connectivity index (χ1n) is 5.84. The van der Waals surface area contributed by atoms with Crippen molar-refractivity contribution in [3.63, 3.8) is 0 Å². The maximum atomic E-state index is 13.0. The van der Waals surface area contributed by atoms with Gasteiger partial charge in [0.15, 0.2) is 11.6 Å². The smallest absolute Gasteiger partial charge is 0.159 e. The van der Waals surface area contributed by atoms with Crippen molar-refractivity contribution in [2.45, 2.75) is 32.2 Å². The molecule has 1 heterocycles. The molecule has 0 aromatic heterocycles. The minimum atomic E-state index is -0.770. The summed E-state index contributed by atoms with van der Waals surface area (Å²) in [6, 6.07) is 4.57. The molecule has 2 rings (SSSR count). The van der Waals surface area contributed by atoms with Gasteiger partial charge < -0.3 is 5.32 Å². The van der Waals surface area contributed by atoms with Crippen molar-refractivity contribution in [3.8, 4) is 0 Å². The summed E-state index contributed by atoms with van der Waals surface area (Å²) >= 11 is 0. The third-order valence-corrected chi connectivity index (χ3v) is 3.37. The van der Waals surface area contributed by atoms with Gasteiger partial charge in [-0.05, 0) is 49.4 Å². The van der Waals surface area contributed by atoms with E-state index in [1.54, 1.807) is 6.07 Å². The first kappa shape index (κ1) is 11.5. The van der Waals surface area contributed by atoms with Gasteiger partial charge in [-0.1, -0.05) is 13.0 Å². The molecule has 0 radical (unpaired) electrons. The van der Waals surface area contributed by atoms with E-state index in [9.17, 15) is 8.78 Å². The van der Waals surface area contributed by atoms with Crippen LogP contribution in [0.25, 0.3) is 0 Å². The molecule has 88 valence electrons. The van der Waals surface area contributed by atoms with E-state index < -0.39 is 11.6 Å². The highest BCUT2D eigenvalue weighted by molar-refractivity contribution is 5.19. The van der Waals surface area contributed by atoms with Gasteiger partial charge in [0.2, 0.25) is 0 Å². The summed E-state index contributed by atoms with van der Waals surface area (Å²) in [5.74, 6) is -0.920. The summed E-state index contributed by atoms with van der Waals surface area (Å²) in [5.41, 5.74) is 0.866. The van der Waals surface area contributed by atoms with Crippen molar-refractivity contribution in [3.05, 3.63) is 35.4 Å². The standard InChI is InChI=1S/C13H17F2N/c1-9-3-2-6-16-13(9)8-10-4-5-11(14)12(15)7-10/h4-5,7,9,13,16H,2-3,6,8H2,1H3. The number of nitrogens with one attached hydrogen (secondary N) is 1. The van der Waals surface area contributed by atoms with Gasteiger partial charge in [-0.25, -0.2) is 8.78 Å². The largest absolute Gasteiger partial charge is 0.313 e. The zero-order chi connectivity index (χ0) is 11.5. The number of benzene rings is 1. The van der Waals surface area contributed by atoms with Gasteiger partial charge in [-0.3, -0.25) is 0 Å². The Morgan fingerprint density at radius 1 is 1.31 bits per heavy atom. The second-order valence-electron chi connectivity index (χ2n) is 4.63. The van der Waals surface area contributed by atoms with Gasteiger partial charge in [0, 0.05) is 6.04 Å². The van der Waals surface area contributed by atoms with Crippen LogP contribution in [0.4, 0.5) is 8.78 Å². The summed E-state index contributed by atoms with van der Waals surface area (Å²) in [6.45, 7) is 3.23. The SMILES string of the molecule is CC1CCCNC1Cc1ccc(F)c(F)c1. The van der Waals surface area contributed by atoms with Crippen molar-refractivity contribution in [2.75, 3.05) is 6.54 Å². The van der Waals surface area contributed by atoms with Gasteiger partial charge in [-0.15, -0.1) is 0 Å². The Morgan fingerprint density at radius 2 is 2.12 bits per heavy atom.